The van der Waals surface area contributed by atoms with Crippen LogP contribution in [0, 0.1) is 6.92 Å². The van der Waals surface area contributed by atoms with Crippen molar-refractivity contribution >= 4 is 5.91 Å². The molecular weight excluding hydrogens is 272 g/mol. The van der Waals surface area contributed by atoms with Gasteiger partial charge in [0.15, 0.2) is 0 Å². The molecule has 1 amide bonds. The van der Waals surface area contributed by atoms with Gasteiger partial charge in [0, 0.05) is 11.8 Å². The molecule has 7 heteroatoms. The van der Waals surface area contributed by atoms with Gasteiger partial charge in [0.1, 0.15) is 5.69 Å². The number of rotatable bonds is 4. The van der Waals surface area contributed by atoms with Crippen LogP contribution >= 0.6 is 0 Å². The first-order valence-electron chi connectivity index (χ1n) is 6.57. The van der Waals surface area contributed by atoms with Crippen molar-refractivity contribution in [3.63, 3.8) is 0 Å². The highest BCUT2D eigenvalue weighted by Gasteiger charge is 2.16. The number of carbonyl (C=O) groups is 1. The molecule has 0 bridgehead atoms. The zero-order valence-corrected chi connectivity index (χ0v) is 11.8. The first-order chi connectivity index (χ1) is 9.99. The highest BCUT2D eigenvalue weighted by atomic mass is 16.2. The standard InChI is InChI=1S/C14H16N4O3/c1-3-9(10-6-4-5-8(2)15-10)16-13(20)11-7-12(19)18-14(21)17-11/h4-7,9H,3H2,1-2H3,(H,16,20)(H2,17,18,19,21)/t9-/m0/s1. The van der Waals surface area contributed by atoms with Crippen LogP contribution in [-0.2, 0) is 0 Å². The van der Waals surface area contributed by atoms with Gasteiger partial charge in [-0.15, -0.1) is 0 Å². The van der Waals surface area contributed by atoms with E-state index in [-0.39, 0.29) is 11.7 Å². The molecule has 1 atom stereocenters. The van der Waals surface area contributed by atoms with Gasteiger partial charge in [-0.2, -0.15) is 0 Å². The van der Waals surface area contributed by atoms with Crippen molar-refractivity contribution in [1.82, 2.24) is 20.3 Å². The Bertz CT molecular complexity index is 735. The van der Waals surface area contributed by atoms with E-state index in [0.29, 0.717) is 6.42 Å². The summed E-state index contributed by atoms with van der Waals surface area (Å²) in [6, 6.07) is 6.31. The van der Waals surface area contributed by atoms with E-state index in [9.17, 15) is 14.4 Å². The molecular formula is C14H16N4O3. The van der Waals surface area contributed by atoms with Crippen molar-refractivity contribution in [3.05, 3.63) is 62.2 Å². The second-order valence-electron chi connectivity index (χ2n) is 4.64. The summed E-state index contributed by atoms with van der Waals surface area (Å²) in [5, 5.41) is 2.76. The molecule has 3 N–H and O–H groups in total. The van der Waals surface area contributed by atoms with E-state index >= 15 is 0 Å². The van der Waals surface area contributed by atoms with Crippen LogP contribution in [0.1, 0.15) is 41.3 Å². The van der Waals surface area contributed by atoms with Gasteiger partial charge in [0.05, 0.1) is 11.7 Å². The molecule has 2 heterocycles. The fraction of sp³-hybridized carbons (Fsp3) is 0.286. The molecule has 110 valence electrons. The Morgan fingerprint density at radius 1 is 1.33 bits per heavy atom. The lowest BCUT2D eigenvalue weighted by atomic mass is 10.1. The van der Waals surface area contributed by atoms with Gasteiger partial charge in [-0.1, -0.05) is 13.0 Å². The quantitative estimate of drug-likeness (QED) is 0.767. The van der Waals surface area contributed by atoms with Crippen LogP contribution < -0.4 is 16.6 Å². The molecule has 0 saturated carbocycles. The van der Waals surface area contributed by atoms with E-state index in [1.807, 2.05) is 37.0 Å². The molecule has 0 unspecified atom stereocenters. The van der Waals surface area contributed by atoms with Crippen molar-refractivity contribution < 1.29 is 4.79 Å². The fourth-order valence-electron chi connectivity index (χ4n) is 1.97. The minimum atomic E-state index is -0.714. The monoisotopic (exact) mass is 288 g/mol. The normalized spacial score (nSPS) is 11.9. The molecule has 0 radical (unpaired) electrons. The molecule has 0 aliphatic heterocycles. The van der Waals surface area contributed by atoms with Crippen molar-refractivity contribution in [2.45, 2.75) is 26.3 Å². The van der Waals surface area contributed by atoms with Gasteiger partial charge in [-0.05, 0) is 25.5 Å². The third-order valence-electron chi connectivity index (χ3n) is 2.99. The van der Waals surface area contributed by atoms with Crippen molar-refractivity contribution in [2.75, 3.05) is 0 Å². The number of H-pyrrole nitrogens is 2. The maximum Gasteiger partial charge on any atom is 0.326 e. The molecule has 0 aliphatic rings. The summed E-state index contributed by atoms with van der Waals surface area (Å²) in [7, 11) is 0. The Balaban J connectivity index is 2.24. The molecule has 21 heavy (non-hydrogen) atoms. The van der Waals surface area contributed by atoms with E-state index in [2.05, 4.69) is 15.3 Å². The van der Waals surface area contributed by atoms with E-state index in [1.54, 1.807) is 0 Å². The molecule has 2 rings (SSSR count). The summed E-state index contributed by atoms with van der Waals surface area (Å²) in [5.41, 5.74) is 0.178. The second kappa shape index (κ2) is 6.17. The maximum absolute atomic E-state index is 12.1. The first kappa shape index (κ1) is 14.7. The number of aromatic nitrogens is 3. The van der Waals surface area contributed by atoms with Crippen LogP contribution in [0.5, 0.6) is 0 Å². The van der Waals surface area contributed by atoms with Crippen LogP contribution in [0.2, 0.25) is 0 Å². The maximum atomic E-state index is 12.1. The Morgan fingerprint density at radius 2 is 2.10 bits per heavy atom. The van der Waals surface area contributed by atoms with Gasteiger partial charge in [0.2, 0.25) is 0 Å². The summed E-state index contributed by atoms with van der Waals surface area (Å²) in [6.45, 7) is 3.78. The molecule has 0 spiro atoms. The highest BCUT2D eigenvalue weighted by molar-refractivity contribution is 5.92. The van der Waals surface area contributed by atoms with Gasteiger partial charge >= 0.3 is 5.69 Å². The number of pyridine rings is 1. The second-order valence-corrected chi connectivity index (χ2v) is 4.64. The van der Waals surface area contributed by atoms with Crippen molar-refractivity contribution in [2.24, 2.45) is 0 Å². The predicted molar refractivity (Wildman–Crippen MR) is 77.2 cm³/mol. The Hall–Kier alpha value is -2.70. The molecule has 0 aromatic carbocycles. The van der Waals surface area contributed by atoms with Crippen LogP contribution in [0.3, 0.4) is 0 Å². The third kappa shape index (κ3) is 3.65. The number of carbonyl (C=O) groups excluding carboxylic acids is 1. The number of aromatic amines is 2. The van der Waals surface area contributed by atoms with Gasteiger partial charge in [-0.3, -0.25) is 19.6 Å². The van der Waals surface area contributed by atoms with Crippen LogP contribution in [-0.4, -0.2) is 20.9 Å². The van der Waals surface area contributed by atoms with E-state index < -0.39 is 17.2 Å². The Morgan fingerprint density at radius 3 is 2.71 bits per heavy atom. The fourth-order valence-corrected chi connectivity index (χ4v) is 1.97. The molecule has 0 fully saturated rings. The number of nitrogens with one attached hydrogen (secondary N) is 3. The largest absolute Gasteiger partial charge is 0.342 e. The van der Waals surface area contributed by atoms with E-state index in [0.717, 1.165) is 17.5 Å². The summed E-state index contributed by atoms with van der Waals surface area (Å²) in [6.07, 6.45) is 0.635. The molecule has 2 aromatic heterocycles. The average Bonchev–Trinajstić information content (AvgIpc) is 2.43. The number of hydrogen-bond acceptors (Lipinski definition) is 4. The lowest BCUT2D eigenvalue weighted by Crippen LogP contribution is -2.33. The Labute approximate surface area is 120 Å². The topological polar surface area (TPSA) is 108 Å². The average molecular weight is 288 g/mol. The summed E-state index contributed by atoms with van der Waals surface area (Å²) >= 11 is 0. The van der Waals surface area contributed by atoms with E-state index in [4.69, 9.17) is 0 Å². The van der Waals surface area contributed by atoms with Crippen LogP contribution in [0.15, 0.2) is 33.9 Å². The van der Waals surface area contributed by atoms with E-state index in [1.165, 1.54) is 0 Å². The molecule has 7 nitrogen and oxygen atoms in total. The molecule has 2 aromatic rings. The minimum absolute atomic E-state index is 0.0742. The van der Waals surface area contributed by atoms with Gasteiger partial charge in [-0.25, -0.2) is 4.79 Å². The molecule has 0 aliphatic carbocycles. The van der Waals surface area contributed by atoms with Crippen molar-refractivity contribution in [3.8, 4) is 0 Å². The van der Waals surface area contributed by atoms with Crippen molar-refractivity contribution in [1.29, 1.82) is 0 Å². The lowest BCUT2D eigenvalue weighted by molar-refractivity contribution is 0.0929. The third-order valence-corrected chi connectivity index (χ3v) is 2.99. The number of hydrogen-bond donors (Lipinski definition) is 3. The Kier molecular flexibility index (Phi) is 4.32. The summed E-state index contributed by atoms with van der Waals surface area (Å²) in [5.74, 6) is -0.520. The summed E-state index contributed by atoms with van der Waals surface area (Å²) < 4.78 is 0. The number of aryl methyl sites for hydroxylation is 1. The number of amides is 1. The van der Waals surface area contributed by atoms with Crippen LogP contribution in [0.25, 0.3) is 0 Å². The first-order valence-corrected chi connectivity index (χ1v) is 6.57. The minimum Gasteiger partial charge on any atom is -0.342 e. The number of nitrogens with zero attached hydrogens (tertiary/aromatic N) is 1. The predicted octanol–water partition coefficient (Wildman–Crippen LogP) is 0.648. The summed E-state index contributed by atoms with van der Waals surface area (Å²) in [4.78, 5) is 43.2. The SMILES string of the molecule is CC[C@H](NC(=O)c1cc(=O)[nH]c(=O)[nH]1)c1cccc(C)n1. The van der Waals surface area contributed by atoms with Gasteiger partial charge < -0.3 is 10.3 Å². The van der Waals surface area contributed by atoms with Crippen LogP contribution in [0.4, 0.5) is 0 Å². The molecule has 0 saturated heterocycles. The highest BCUT2D eigenvalue weighted by Crippen LogP contribution is 2.14. The van der Waals surface area contributed by atoms with Gasteiger partial charge in [0.25, 0.3) is 11.5 Å². The smallest absolute Gasteiger partial charge is 0.326 e. The lowest BCUT2D eigenvalue weighted by Gasteiger charge is -2.16. The zero-order chi connectivity index (χ0) is 15.4. The zero-order valence-electron chi connectivity index (χ0n) is 11.8.